The van der Waals surface area contributed by atoms with Crippen molar-refractivity contribution < 1.29 is 128 Å². The molecule has 4 saturated carbocycles. The normalized spacial score (nSPS) is 24.5. The molecule has 1 amide bonds. The number of carbonyl (C=O) groups excluding carboxylic acids is 6. The van der Waals surface area contributed by atoms with Crippen molar-refractivity contribution in [2.45, 2.75) is 127 Å². The van der Waals surface area contributed by atoms with Gasteiger partial charge in [0.05, 0.1) is 62.9 Å². The molecule has 4 aliphatic carbocycles. The number of halogens is 1. The zero-order chi connectivity index (χ0) is 46.8. The smallest absolute Gasteiger partial charge is 0.870 e. The van der Waals surface area contributed by atoms with Crippen LogP contribution in [0, 0.1) is 42.1 Å². The van der Waals surface area contributed by atoms with Gasteiger partial charge in [-0.05, 0) is 102 Å². The molecule has 4 aliphatic rings. The molecule has 0 heterocycles. The molecule has 18 nitrogen and oxygen atoms in total. The van der Waals surface area contributed by atoms with Crippen LogP contribution in [0.1, 0.15) is 110 Å². The molecule has 356 valence electrons. The third kappa shape index (κ3) is 24.9. The van der Waals surface area contributed by atoms with Gasteiger partial charge in [-0.3, -0.25) is 33.6 Å². The van der Waals surface area contributed by atoms with Crippen molar-refractivity contribution in [3.05, 3.63) is 41.7 Å². The Morgan fingerprint density at radius 3 is 1.19 bits per heavy atom. The number of primary amides is 1. The molecule has 0 radical (unpaired) electrons. The summed E-state index contributed by atoms with van der Waals surface area (Å²) in [6, 6.07) is 8.01. The van der Waals surface area contributed by atoms with E-state index in [-0.39, 0.29) is 145 Å². The number of carboxylic acids is 1. The van der Waals surface area contributed by atoms with Gasteiger partial charge in [0.15, 0.2) is 0 Å². The monoisotopic (exact) mass is 970 g/mol. The maximum Gasteiger partial charge on any atom is 1.00 e. The average molecular weight is 972 g/mol. The molecule has 5 rings (SSSR count). The number of nitrogens with zero attached hydrogens (tertiary/aromatic N) is 1. The van der Waals surface area contributed by atoms with Crippen LogP contribution >= 0.6 is 10.7 Å². The van der Waals surface area contributed by atoms with E-state index in [0.29, 0.717) is 25.7 Å². The molecule has 4 N–H and O–H groups in total. The maximum absolute atomic E-state index is 11.2. The van der Waals surface area contributed by atoms with Gasteiger partial charge >= 0.3 is 87.2 Å². The summed E-state index contributed by atoms with van der Waals surface area (Å²) in [5.41, 5.74) is 5.17. The summed E-state index contributed by atoms with van der Waals surface area (Å²) in [5, 5.41) is 8.70. The predicted molar refractivity (Wildman–Crippen MR) is 227 cm³/mol. The minimum atomic E-state index is -3.53. The number of esters is 5. The Kier molecular flexibility index (Phi) is 33.6. The number of hydrogen-bond donors (Lipinski definition) is 2. The van der Waals surface area contributed by atoms with Crippen LogP contribution in [0.3, 0.4) is 0 Å². The van der Waals surface area contributed by atoms with Crippen LogP contribution in [0.4, 0.5) is 0 Å². The second kappa shape index (κ2) is 34.2. The number of amides is 1. The Bertz CT molecular complexity index is 1690. The summed E-state index contributed by atoms with van der Waals surface area (Å²) in [7, 11) is 7.08. The van der Waals surface area contributed by atoms with Gasteiger partial charge in [0.1, 0.15) is 6.10 Å². The molecule has 0 saturated heterocycles. The number of methoxy groups -OCH3 is 4. The first-order valence-electron chi connectivity index (χ1n) is 20.7. The first-order chi connectivity index (χ1) is 29.3. The summed E-state index contributed by atoms with van der Waals surface area (Å²) >= 11 is 0. The molecular weight excluding hydrogens is 907 g/mol. The predicted octanol–water partition coefficient (Wildman–Crippen LogP) is 2.86. The summed E-state index contributed by atoms with van der Waals surface area (Å²) in [4.78, 5) is 80.1. The Hall–Kier alpha value is -3.16. The van der Waals surface area contributed by atoms with Crippen molar-refractivity contribution in [3.63, 3.8) is 0 Å². The van der Waals surface area contributed by atoms with Gasteiger partial charge in [0, 0.05) is 36.4 Å². The van der Waals surface area contributed by atoms with E-state index in [1.54, 1.807) is 18.2 Å². The molecule has 0 unspecified atom stereocenters. The number of rotatable bonds is 8. The molecule has 64 heavy (non-hydrogen) atoms. The molecule has 1 aromatic rings. The first kappa shape index (κ1) is 62.9. The fraction of sp³-hybridized carbons (Fsp3) is 0.674. The number of carboxylic acid groups (broad SMARTS) is 1. The SMILES string of the molecule is COC(=O)C1CCC(C(=O)O)CC1.COC(=O)C1CCC(C(N)=O)CC1.COC(=O)C1CCC(OC(C)=O)CC1.O=S(=O)(Cl)c1ccccc1.[C-]#[N+]C1CCC(C(=O)OC)CC1.[K+].[OH-]. The van der Waals surface area contributed by atoms with Crippen LogP contribution in [-0.4, -0.2) is 101 Å². The van der Waals surface area contributed by atoms with Crippen molar-refractivity contribution in [1.29, 1.82) is 0 Å². The zero-order valence-electron chi connectivity index (χ0n) is 37.7. The van der Waals surface area contributed by atoms with Crippen LogP contribution in [0.2, 0.25) is 0 Å². The number of benzene rings is 1. The van der Waals surface area contributed by atoms with Crippen LogP contribution < -0.4 is 57.1 Å². The Labute approximate surface area is 423 Å². The van der Waals surface area contributed by atoms with Gasteiger partial charge in [-0.2, -0.15) is 0 Å². The minimum absolute atomic E-state index is 0. The fourth-order valence-electron chi connectivity index (χ4n) is 7.53. The third-order valence-electron chi connectivity index (χ3n) is 11.3. The summed E-state index contributed by atoms with van der Waals surface area (Å²) in [5.74, 6) is -2.24. The zero-order valence-corrected chi connectivity index (χ0v) is 42.4. The Morgan fingerprint density at radius 1 is 0.609 bits per heavy atom. The molecular formula is C43H64ClKN2O16S. The second-order valence-corrected chi connectivity index (χ2v) is 18.0. The van der Waals surface area contributed by atoms with E-state index in [4.69, 9.17) is 32.8 Å². The Balaban J connectivity index is 0. The van der Waals surface area contributed by atoms with Crippen LogP contribution in [0.15, 0.2) is 35.2 Å². The van der Waals surface area contributed by atoms with Gasteiger partial charge in [-0.1, -0.05) is 18.2 Å². The number of aliphatic carboxylic acids is 1. The summed E-state index contributed by atoms with van der Waals surface area (Å²) in [6.45, 7) is 8.23. The van der Waals surface area contributed by atoms with E-state index >= 15 is 0 Å². The van der Waals surface area contributed by atoms with Crippen LogP contribution in [0.5, 0.6) is 0 Å². The first-order valence-corrected chi connectivity index (χ1v) is 23.0. The van der Waals surface area contributed by atoms with E-state index < -0.39 is 15.0 Å². The Morgan fingerprint density at radius 2 is 0.922 bits per heavy atom. The third-order valence-corrected chi connectivity index (χ3v) is 12.6. The topological polar surface area (TPSA) is 280 Å². The number of nitrogens with two attached hydrogens (primary N) is 1. The van der Waals surface area contributed by atoms with E-state index in [1.807, 2.05) is 0 Å². The number of ether oxygens (including phenoxy) is 5. The molecule has 1 aromatic carbocycles. The van der Waals surface area contributed by atoms with Crippen LogP contribution in [0.25, 0.3) is 4.85 Å². The summed E-state index contributed by atoms with van der Waals surface area (Å²) < 4.78 is 44.8. The van der Waals surface area contributed by atoms with Gasteiger partial charge < -0.3 is 44.8 Å². The number of carbonyl (C=O) groups is 7. The molecule has 4 fully saturated rings. The molecule has 0 aromatic heterocycles. The van der Waals surface area contributed by atoms with Crippen molar-refractivity contribution in [2.24, 2.45) is 41.2 Å². The fourth-order valence-corrected chi connectivity index (χ4v) is 8.32. The second-order valence-electron chi connectivity index (χ2n) is 15.4. The number of hydrogen-bond acceptors (Lipinski definition) is 15. The summed E-state index contributed by atoms with van der Waals surface area (Å²) in [6.07, 6.45) is 11.7. The van der Waals surface area contributed by atoms with Crippen molar-refractivity contribution in [1.82, 2.24) is 0 Å². The quantitative estimate of drug-likeness (QED) is 0.125. The van der Waals surface area contributed by atoms with E-state index in [2.05, 4.69) is 23.8 Å². The van der Waals surface area contributed by atoms with Crippen molar-refractivity contribution >= 4 is 61.5 Å². The van der Waals surface area contributed by atoms with Crippen molar-refractivity contribution in [2.75, 3.05) is 28.4 Å². The maximum atomic E-state index is 11.2. The average Bonchev–Trinajstić information content (AvgIpc) is 3.29. The van der Waals surface area contributed by atoms with E-state index in [0.717, 1.165) is 77.0 Å². The molecule has 21 heteroatoms. The van der Waals surface area contributed by atoms with Crippen LogP contribution in [-0.2, 0) is 66.3 Å². The van der Waals surface area contributed by atoms with E-state index in [9.17, 15) is 42.0 Å². The molecule has 0 bridgehead atoms. The van der Waals surface area contributed by atoms with E-state index in [1.165, 1.54) is 47.5 Å². The van der Waals surface area contributed by atoms with Gasteiger partial charge in [-0.25, -0.2) is 15.0 Å². The minimum Gasteiger partial charge on any atom is -0.870 e. The van der Waals surface area contributed by atoms with Gasteiger partial charge in [-0.15, -0.1) is 0 Å². The van der Waals surface area contributed by atoms with Crippen molar-refractivity contribution in [3.8, 4) is 0 Å². The van der Waals surface area contributed by atoms with Gasteiger partial charge in [0.25, 0.3) is 9.05 Å². The standard InChI is InChI=1S/C10H16O4.C9H15NO3.C9H13NO2.C9H14O4.C6H5ClO2S.K.H2O/c1-7(11)14-9-5-3-8(4-6-9)10(12)13-2;1-13-9(12)7-4-2-6(3-5-7)8(10)11;1-10-8-5-3-7(4-6-8)9(11)12-2;1-13-9(12)7-4-2-6(3-5-7)8(10)11;7-10(8,9)6-4-2-1-3-5-6;;/h8-9H,3-6H2,1-2H3;6-7H,2-5H2,1H3,(H2,10,11);7-8H,3-6H2,2H3;6-7H,2-5H2,1H3,(H,10,11);1-5H;;1H2/q;;;;;+1;/p-1. The van der Waals surface area contributed by atoms with Gasteiger partial charge in [0.2, 0.25) is 11.9 Å². The molecule has 0 atom stereocenters. The molecule has 0 spiro atoms. The molecule has 0 aliphatic heterocycles. The largest absolute Gasteiger partial charge is 1.00 e.